The average Bonchev–Trinajstić information content (AvgIpc) is 2.83. The lowest BCUT2D eigenvalue weighted by Crippen LogP contribution is -2.09. The van der Waals surface area contributed by atoms with Gasteiger partial charge in [0.2, 0.25) is 4.80 Å². The van der Waals surface area contributed by atoms with Crippen LogP contribution in [0.25, 0.3) is 10.2 Å². The van der Waals surface area contributed by atoms with Gasteiger partial charge in [-0.15, -0.1) is 5.10 Å². The highest BCUT2D eigenvalue weighted by atomic mass is 32.1. The number of aryl methyl sites for hydroxylation is 1. The Balaban J connectivity index is 2.05. The number of para-hydroxylation sites is 1. The second-order valence-electron chi connectivity index (χ2n) is 4.56. The molecule has 0 atom stereocenters. The van der Waals surface area contributed by atoms with Crippen LogP contribution < -0.4 is 4.80 Å². The number of hydrogen-bond donors (Lipinski definition) is 0. The molecule has 0 bridgehead atoms. The molecule has 0 fully saturated rings. The predicted octanol–water partition coefficient (Wildman–Crippen LogP) is 3.56. The smallest absolute Gasteiger partial charge is 0.211 e. The molecular formula is C16H15N3S. The zero-order valence-electron chi connectivity index (χ0n) is 11.4. The highest BCUT2D eigenvalue weighted by Crippen LogP contribution is 2.15. The largest absolute Gasteiger partial charge is 0.318 e. The Bertz CT molecular complexity index is 826. The third kappa shape index (κ3) is 2.42. The number of fused-ring (bicyclic) bond motifs is 1. The predicted molar refractivity (Wildman–Crippen MR) is 85.0 cm³/mol. The lowest BCUT2D eigenvalue weighted by Gasteiger charge is -1.96. The van der Waals surface area contributed by atoms with Crippen LogP contribution in [-0.4, -0.2) is 10.3 Å². The molecule has 100 valence electrons. The van der Waals surface area contributed by atoms with Gasteiger partial charge in [-0.2, -0.15) is 5.10 Å². The number of aromatic nitrogens is 1. The summed E-state index contributed by atoms with van der Waals surface area (Å²) < 4.78 is 3.29. The van der Waals surface area contributed by atoms with Crippen LogP contribution in [0.5, 0.6) is 0 Å². The lowest BCUT2D eigenvalue weighted by molar-refractivity contribution is 0.888. The molecule has 3 aromatic rings. The molecule has 0 aliphatic rings. The van der Waals surface area contributed by atoms with Crippen molar-refractivity contribution < 1.29 is 0 Å². The summed E-state index contributed by atoms with van der Waals surface area (Å²) in [7, 11) is 2.02. The van der Waals surface area contributed by atoms with E-state index >= 15 is 0 Å². The van der Waals surface area contributed by atoms with Gasteiger partial charge in [-0.1, -0.05) is 53.8 Å². The van der Waals surface area contributed by atoms with Crippen LogP contribution >= 0.6 is 11.3 Å². The Morgan fingerprint density at radius 2 is 1.70 bits per heavy atom. The zero-order valence-corrected chi connectivity index (χ0v) is 12.3. The molecule has 0 amide bonds. The monoisotopic (exact) mass is 281 g/mol. The first-order valence-corrected chi connectivity index (χ1v) is 7.25. The molecule has 4 heteroatoms. The summed E-state index contributed by atoms with van der Waals surface area (Å²) in [5, 5.41) is 8.74. The van der Waals surface area contributed by atoms with Crippen molar-refractivity contribution in [3.8, 4) is 0 Å². The van der Waals surface area contributed by atoms with E-state index in [1.807, 2.05) is 56.4 Å². The highest BCUT2D eigenvalue weighted by molar-refractivity contribution is 7.16. The van der Waals surface area contributed by atoms with Crippen molar-refractivity contribution in [3.63, 3.8) is 0 Å². The SMILES string of the molecule is C/C(=N/N=c1/sc2ccccc2n1C)c1ccccc1. The van der Waals surface area contributed by atoms with Crippen molar-refractivity contribution in [2.24, 2.45) is 17.3 Å². The van der Waals surface area contributed by atoms with E-state index in [-0.39, 0.29) is 0 Å². The summed E-state index contributed by atoms with van der Waals surface area (Å²) >= 11 is 1.65. The van der Waals surface area contributed by atoms with Crippen LogP contribution in [0.4, 0.5) is 0 Å². The minimum absolute atomic E-state index is 0.904. The Hall–Kier alpha value is -2.20. The van der Waals surface area contributed by atoms with E-state index in [1.54, 1.807) is 11.3 Å². The fraction of sp³-hybridized carbons (Fsp3) is 0.125. The molecule has 2 aromatic carbocycles. The molecule has 0 N–H and O–H groups in total. The molecule has 20 heavy (non-hydrogen) atoms. The molecule has 3 rings (SSSR count). The summed E-state index contributed by atoms with van der Waals surface area (Å²) in [4.78, 5) is 0.904. The van der Waals surface area contributed by atoms with Gasteiger partial charge in [-0.25, -0.2) is 0 Å². The molecule has 0 aliphatic carbocycles. The third-order valence-electron chi connectivity index (χ3n) is 3.19. The fourth-order valence-electron chi connectivity index (χ4n) is 2.03. The fourth-order valence-corrected chi connectivity index (χ4v) is 3.00. The molecule has 0 aliphatic heterocycles. The zero-order chi connectivity index (χ0) is 13.9. The molecule has 3 nitrogen and oxygen atoms in total. The number of hydrogen-bond acceptors (Lipinski definition) is 3. The first-order valence-electron chi connectivity index (χ1n) is 6.44. The van der Waals surface area contributed by atoms with E-state index in [2.05, 4.69) is 26.9 Å². The van der Waals surface area contributed by atoms with Crippen LogP contribution in [0.2, 0.25) is 0 Å². The standard InChI is InChI=1S/C16H15N3S/c1-12(13-8-4-3-5-9-13)17-18-16-19(2)14-10-6-7-11-15(14)20-16/h3-11H,1-2H3/b17-12-,18-16+. The number of thiazole rings is 1. The van der Waals surface area contributed by atoms with Crippen LogP contribution in [0.15, 0.2) is 64.8 Å². The third-order valence-corrected chi connectivity index (χ3v) is 4.30. The summed E-state index contributed by atoms with van der Waals surface area (Å²) in [6.45, 7) is 1.98. The van der Waals surface area contributed by atoms with Crippen molar-refractivity contribution in [1.29, 1.82) is 0 Å². The molecular weight excluding hydrogens is 266 g/mol. The van der Waals surface area contributed by atoms with E-state index < -0.39 is 0 Å². The second kappa shape index (κ2) is 5.43. The number of rotatable bonds is 2. The Morgan fingerprint density at radius 1 is 1.00 bits per heavy atom. The number of benzene rings is 2. The average molecular weight is 281 g/mol. The highest BCUT2D eigenvalue weighted by Gasteiger charge is 2.01. The lowest BCUT2D eigenvalue weighted by atomic mass is 10.1. The van der Waals surface area contributed by atoms with Gasteiger partial charge in [0, 0.05) is 7.05 Å². The Morgan fingerprint density at radius 3 is 2.45 bits per heavy atom. The van der Waals surface area contributed by atoms with Gasteiger partial charge in [0.15, 0.2) is 0 Å². The Kier molecular flexibility index (Phi) is 3.48. The first kappa shape index (κ1) is 12.8. The van der Waals surface area contributed by atoms with Gasteiger partial charge in [0.25, 0.3) is 0 Å². The van der Waals surface area contributed by atoms with Gasteiger partial charge in [-0.05, 0) is 24.6 Å². The quantitative estimate of drug-likeness (QED) is 0.508. The normalized spacial score (nSPS) is 13.1. The van der Waals surface area contributed by atoms with Crippen molar-refractivity contribution in [2.45, 2.75) is 6.92 Å². The molecule has 0 saturated heterocycles. The summed E-state index contributed by atoms with van der Waals surface area (Å²) in [6, 6.07) is 18.4. The van der Waals surface area contributed by atoms with Crippen LogP contribution in [-0.2, 0) is 7.05 Å². The molecule has 0 spiro atoms. The van der Waals surface area contributed by atoms with Crippen molar-refractivity contribution in [3.05, 3.63) is 65.0 Å². The Labute approximate surface area is 121 Å². The minimum atomic E-state index is 0.904. The van der Waals surface area contributed by atoms with Gasteiger partial charge in [0.05, 0.1) is 15.9 Å². The second-order valence-corrected chi connectivity index (χ2v) is 5.57. The van der Waals surface area contributed by atoms with E-state index in [0.29, 0.717) is 0 Å². The van der Waals surface area contributed by atoms with E-state index in [4.69, 9.17) is 0 Å². The first-order chi connectivity index (χ1) is 9.75. The summed E-state index contributed by atoms with van der Waals surface area (Å²) in [5.74, 6) is 0. The molecule has 0 radical (unpaired) electrons. The molecule has 0 unspecified atom stereocenters. The molecule has 1 aromatic heterocycles. The van der Waals surface area contributed by atoms with Gasteiger partial charge in [-0.3, -0.25) is 0 Å². The maximum atomic E-state index is 4.39. The van der Waals surface area contributed by atoms with Crippen LogP contribution in [0.3, 0.4) is 0 Å². The van der Waals surface area contributed by atoms with Gasteiger partial charge >= 0.3 is 0 Å². The number of nitrogens with zero attached hydrogens (tertiary/aromatic N) is 3. The van der Waals surface area contributed by atoms with E-state index in [0.717, 1.165) is 16.1 Å². The molecule has 0 saturated carbocycles. The summed E-state index contributed by atoms with van der Waals surface area (Å²) in [5.41, 5.74) is 3.20. The van der Waals surface area contributed by atoms with E-state index in [9.17, 15) is 0 Å². The minimum Gasteiger partial charge on any atom is -0.318 e. The van der Waals surface area contributed by atoms with Crippen molar-refractivity contribution in [2.75, 3.05) is 0 Å². The van der Waals surface area contributed by atoms with Crippen LogP contribution in [0, 0.1) is 0 Å². The van der Waals surface area contributed by atoms with Gasteiger partial charge in [0.1, 0.15) is 0 Å². The molecule has 1 heterocycles. The van der Waals surface area contributed by atoms with E-state index in [1.165, 1.54) is 10.2 Å². The maximum Gasteiger partial charge on any atom is 0.211 e. The topological polar surface area (TPSA) is 29.6 Å². The maximum absolute atomic E-state index is 4.39. The van der Waals surface area contributed by atoms with Crippen LogP contribution in [0.1, 0.15) is 12.5 Å². The van der Waals surface area contributed by atoms with Crippen molar-refractivity contribution in [1.82, 2.24) is 4.57 Å². The summed E-state index contributed by atoms with van der Waals surface area (Å²) in [6.07, 6.45) is 0. The van der Waals surface area contributed by atoms with Gasteiger partial charge < -0.3 is 4.57 Å². The van der Waals surface area contributed by atoms with Crippen molar-refractivity contribution >= 4 is 27.3 Å².